The normalized spacial score (nSPS) is 27.9. The van der Waals surface area contributed by atoms with Crippen molar-refractivity contribution >= 4 is 24.7 Å². The van der Waals surface area contributed by atoms with Gasteiger partial charge >= 0.3 is 13.2 Å². The highest BCUT2D eigenvalue weighted by atomic mass is 31.2. The van der Waals surface area contributed by atoms with Crippen LogP contribution < -0.4 is 15.9 Å². The third kappa shape index (κ3) is 3.91. The molecule has 2 aromatic heterocycles. The van der Waals surface area contributed by atoms with Gasteiger partial charge in [-0.15, -0.1) is 0 Å². The number of aromatic nitrogens is 4. The first kappa shape index (κ1) is 19.9. The smallest absolute Gasteiger partial charge is 0.325 e. The Hall–Kier alpha value is -1.82. The lowest BCUT2D eigenvalue weighted by Crippen LogP contribution is -2.45. The molecule has 0 spiro atoms. The van der Waals surface area contributed by atoms with Crippen molar-refractivity contribution in [3.63, 3.8) is 0 Å². The number of anilines is 1. The maximum absolute atomic E-state index is 12.2. The number of ether oxygens (including phenoxy) is 2. The first-order chi connectivity index (χ1) is 12.6. The summed E-state index contributed by atoms with van der Waals surface area (Å²) in [4.78, 5) is 28.1. The van der Waals surface area contributed by atoms with E-state index in [0.29, 0.717) is 0 Å². The van der Waals surface area contributed by atoms with Gasteiger partial charge in [-0.05, 0) is 0 Å². The zero-order chi connectivity index (χ0) is 19.9. The molecule has 1 aliphatic rings. The summed E-state index contributed by atoms with van der Waals surface area (Å²) in [6.45, 7) is 1.01. The van der Waals surface area contributed by atoms with Crippen molar-refractivity contribution in [2.45, 2.75) is 18.4 Å². The van der Waals surface area contributed by atoms with E-state index < -0.39 is 37.5 Å². The number of aryl methyl sites for hydroxylation is 1. The van der Waals surface area contributed by atoms with Crippen LogP contribution in [0.25, 0.3) is 11.2 Å². The molecule has 13 heteroatoms. The van der Waals surface area contributed by atoms with Crippen molar-refractivity contribution in [2.24, 2.45) is 13.0 Å². The zero-order valence-electron chi connectivity index (χ0n) is 15.1. The Morgan fingerprint density at radius 1 is 1.52 bits per heavy atom. The Kier molecular flexibility index (Phi) is 5.39. The summed E-state index contributed by atoms with van der Waals surface area (Å²) in [6, 6.07) is 0. The lowest BCUT2D eigenvalue weighted by Gasteiger charge is -2.19. The largest absolute Gasteiger partial charge is 0.386 e. The first-order valence-electron chi connectivity index (χ1n) is 8.15. The molecule has 0 amide bonds. The van der Waals surface area contributed by atoms with E-state index in [9.17, 15) is 19.4 Å². The SMILES string of the molecule is COC[C@@H]1C(COP(C)(=O)O)O[C@@H]([n+]2cn(C)c3c(=O)[nH]c(N)nc32)[C@@H]1O. The van der Waals surface area contributed by atoms with Crippen molar-refractivity contribution < 1.29 is 33.1 Å². The molecule has 5 atom stereocenters. The van der Waals surface area contributed by atoms with E-state index in [1.54, 1.807) is 17.9 Å². The summed E-state index contributed by atoms with van der Waals surface area (Å²) in [5, 5.41) is 10.8. The van der Waals surface area contributed by atoms with Crippen LogP contribution in [0.2, 0.25) is 0 Å². The van der Waals surface area contributed by atoms with Gasteiger partial charge in [-0.3, -0.25) is 18.9 Å². The van der Waals surface area contributed by atoms with Gasteiger partial charge in [0.1, 0.15) is 6.10 Å². The van der Waals surface area contributed by atoms with Crippen LogP contribution in [-0.2, 0) is 25.6 Å². The number of hydrogen-bond acceptors (Lipinski definition) is 8. The molecule has 0 saturated carbocycles. The minimum Gasteiger partial charge on any atom is -0.386 e. The fourth-order valence-electron chi connectivity index (χ4n) is 3.25. The van der Waals surface area contributed by atoms with Crippen molar-refractivity contribution in [3.8, 4) is 0 Å². The number of aromatic amines is 1. The molecule has 0 aliphatic carbocycles. The second kappa shape index (κ2) is 7.30. The molecule has 2 aromatic rings. The van der Waals surface area contributed by atoms with E-state index in [-0.39, 0.29) is 30.3 Å². The number of nitrogen functional groups attached to an aromatic ring is 1. The maximum Gasteiger partial charge on any atom is 0.325 e. The molecular formula is C14H23N5O7P+. The summed E-state index contributed by atoms with van der Waals surface area (Å²) in [6.07, 6.45) is -1.09. The van der Waals surface area contributed by atoms with Crippen molar-refractivity contribution in [1.29, 1.82) is 0 Å². The Morgan fingerprint density at radius 3 is 2.85 bits per heavy atom. The summed E-state index contributed by atoms with van der Waals surface area (Å²) < 4.78 is 30.5. The predicted molar refractivity (Wildman–Crippen MR) is 92.9 cm³/mol. The third-order valence-electron chi connectivity index (χ3n) is 4.42. The van der Waals surface area contributed by atoms with E-state index in [2.05, 4.69) is 9.97 Å². The van der Waals surface area contributed by atoms with Gasteiger partial charge in [0.05, 0.1) is 26.4 Å². The van der Waals surface area contributed by atoms with Crippen molar-refractivity contribution in [3.05, 3.63) is 16.7 Å². The van der Waals surface area contributed by atoms with Crippen LogP contribution in [-0.4, -0.2) is 63.7 Å². The summed E-state index contributed by atoms with van der Waals surface area (Å²) >= 11 is 0. The first-order valence-corrected chi connectivity index (χ1v) is 10.2. The molecule has 3 rings (SSSR count). The van der Waals surface area contributed by atoms with Crippen LogP contribution >= 0.6 is 7.60 Å². The fraction of sp³-hybridized carbons (Fsp3) is 0.643. The van der Waals surface area contributed by atoms with Gasteiger partial charge in [0.15, 0.2) is 6.33 Å². The van der Waals surface area contributed by atoms with Crippen LogP contribution in [0.4, 0.5) is 5.95 Å². The van der Waals surface area contributed by atoms with E-state index >= 15 is 0 Å². The monoisotopic (exact) mass is 404 g/mol. The molecular weight excluding hydrogens is 381 g/mol. The van der Waals surface area contributed by atoms with Gasteiger partial charge in [-0.25, -0.2) is 4.57 Å². The predicted octanol–water partition coefficient (Wildman–Crippen LogP) is -1.52. The Balaban J connectivity index is 1.98. The number of rotatable bonds is 6. The van der Waals surface area contributed by atoms with Gasteiger partial charge in [0.25, 0.3) is 11.5 Å². The van der Waals surface area contributed by atoms with E-state index in [1.807, 2.05) is 0 Å². The molecule has 12 nitrogen and oxygen atoms in total. The highest BCUT2D eigenvalue weighted by Crippen LogP contribution is 2.39. The molecule has 1 fully saturated rings. The lowest BCUT2D eigenvalue weighted by molar-refractivity contribution is -0.745. The van der Waals surface area contributed by atoms with Gasteiger partial charge in [0.2, 0.25) is 11.7 Å². The summed E-state index contributed by atoms with van der Waals surface area (Å²) in [5.74, 6) is -0.589. The number of imidazole rings is 1. The van der Waals surface area contributed by atoms with E-state index in [0.717, 1.165) is 6.66 Å². The number of H-pyrrole nitrogens is 1. The topological polar surface area (TPSA) is 166 Å². The van der Waals surface area contributed by atoms with E-state index in [4.69, 9.17) is 19.7 Å². The molecule has 150 valence electrons. The highest BCUT2D eigenvalue weighted by molar-refractivity contribution is 7.51. The Bertz CT molecular complexity index is 938. The standard InChI is InChI=1S/C14H22N5O7P/c1-18-6-19(11-9(18)12(21)17-14(15)16-11)13-10(20)7(4-24-2)8(26-13)5-25-27(3,22)23/h6-8,10,13,20H,4-5H2,1-3H3,(H3-,15,16,17,21,22,23)/p+1/t7-,8?,10-,13-/m1/s1. The molecule has 5 N–H and O–H groups in total. The lowest BCUT2D eigenvalue weighted by atomic mass is 9.99. The molecule has 2 unspecified atom stereocenters. The number of nitrogens with two attached hydrogens (primary N) is 1. The third-order valence-corrected chi connectivity index (χ3v) is 5.05. The van der Waals surface area contributed by atoms with Gasteiger partial charge in [-0.2, -0.15) is 0 Å². The fourth-order valence-corrected chi connectivity index (χ4v) is 3.67. The van der Waals surface area contributed by atoms with Gasteiger partial charge in [0, 0.05) is 19.7 Å². The summed E-state index contributed by atoms with van der Waals surface area (Å²) in [5.41, 5.74) is 5.72. The Labute approximate surface area is 154 Å². The van der Waals surface area contributed by atoms with E-state index in [1.165, 1.54) is 11.7 Å². The number of aliphatic hydroxyl groups is 1. The number of fused-ring (bicyclic) bond motifs is 1. The van der Waals surface area contributed by atoms with Crippen molar-refractivity contribution in [2.75, 3.05) is 32.7 Å². The van der Waals surface area contributed by atoms with Gasteiger partial charge in [-0.1, -0.05) is 4.98 Å². The minimum absolute atomic E-state index is 0.0690. The number of aliphatic hydroxyl groups excluding tert-OH is 1. The van der Waals surface area contributed by atoms with Crippen LogP contribution in [0.1, 0.15) is 6.23 Å². The highest BCUT2D eigenvalue weighted by Gasteiger charge is 2.48. The average molecular weight is 404 g/mol. The minimum atomic E-state index is -3.71. The van der Waals surface area contributed by atoms with Crippen molar-refractivity contribution in [1.82, 2.24) is 14.5 Å². The van der Waals surface area contributed by atoms with Gasteiger partial charge < -0.3 is 29.7 Å². The molecule has 27 heavy (non-hydrogen) atoms. The molecule has 0 bridgehead atoms. The second-order valence-corrected chi connectivity index (χ2v) is 8.39. The Morgan fingerprint density at radius 2 is 2.22 bits per heavy atom. The molecule has 1 saturated heterocycles. The van der Waals surface area contributed by atoms with Crippen LogP contribution in [0.3, 0.4) is 0 Å². The maximum atomic E-state index is 12.2. The zero-order valence-corrected chi connectivity index (χ0v) is 16.0. The molecule has 3 heterocycles. The molecule has 0 aromatic carbocycles. The molecule has 1 aliphatic heterocycles. The number of nitrogens with one attached hydrogen (secondary N) is 1. The van der Waals surface area contributed by atoms with Crippen LogP contribution in [0.15, 0.2) is 11.1 Å². The number of hydrogen-bond donors (Lipinski definition) is 4. The average Bonchev–Trinajstić information content (AvgIpc) is 3.03. The second-order valence-electron chi connectivity index (χ2n) is 6.53. The quantitative estimate of drug-likeness (QED) is 0.330. The van der Waals surface area contributed by atoms with Crippen LogP contribution in [0.5, 0.6) is 0 Å². The summed E-state index contributed by atoms with van der Waals surface area (Å²) in [7, 11) is -0.585. The number of nitrogens with zero attached hydrogens (tertiary/aromatic N) is 3. The van der Waals surface area contributed by atoms with Crippen LogP contribution in [0, 0.1) is 5.92 Å². The number of methoxy groups -OCH3 is 1. The molecule has 0 radical (unpaired) electrons.